The molecule has 21 heavy (non-hydrogen) atoms. The molecule has 3 N–H and O–H groups in total. The van der Waals surface area contributed by atoms with Crippen LogP contribution < -0.4 is 5.73 Å². The summed E-state index contributed by atoms with van der Waals surface area (Å²) in [5.74, 6) is 0.695. The van der Waals surface area contributed by atoms with Gasteiger partial charge in [0.05, 0.1) is 12.1 Å². The number of rotatable bonds is 7. The monoisotopic (exact) mass is 292 g/mol. The van der Waals surface area contributed by atoms with Crippen molar-refractivity contribution in [3.05, 3.63) is 35.9 Å². The van der Waals surface area contributed by atoms with Gasteiger partial charge in [-0.25, -0.2) is 0 Å². The van der Waals surface area contributed by atoms with Crippen LogP contribution in [0.4, 0.5) is 0 Å². The zero-order valence-corrected chi connectivity index (χ0v) is 13.0. The van der Waals surface area contributed by atoms with Crippen LogP contribution in [-0.2, 0) is 10.3 Å². The predicted molar refractivity (Wildman–Crippen MR) is 85.1 cm³/mol. The number of aliphatic hydroxyl groups excluding tert-OH is 1. The molecule has 1 aliphatic heterocycles. The number of piperidine rings is 1. The van der Waals surface area contributed by atoms with Crippen LogP contribution in [-0.4, -0.2) is 50.0 Å². The summed E-state index contributed by atoms with van der Waals surface area (Å²) < 4.78 is 5.23. The molecule has 1 fully saturated rings. The van der Waals surface area contributed by atoms with E-state index in [0.717, 1.165) is 38.2 Å². The third kappa shape index (κ3) is 4.51. The van der Waals surface area contributed by atoms with Gasteiger partial charge in [0.15, 0.2) is 0 Å². The molecule has 4 heteroatoms. The van der Waals surface area contributed by atoms with Crippen molar-refractivity contribution >= 4 is 0 Å². The molecule has 1 aliphatic rings. The Kier molecular flexibility index (Phi) is 6.18. The van der Waals surface area contributed by atoms with Gasteiger partial charge in [-0.3, -0.25) is 0 Å². The van der Waals surface area contributed by atoms with Gasteiger partial charge in [-0.2, -0.15) is 0 Å². The molecular weight excluding hydrogens is 264 g/mol. The quantitative estimate of drug-likeness (QED) is 0.801. The second-order valence-electron chi connectivity index (χ2n) is 6.17. The number of ether oxygens (including phenoxy) is 1. The second-order valence-corrected chi connectivity index (χ2v) is 6.17. The molecule has 1 saturated heterocycles. The van der Waals surface area contributed by atoms with Gasteiger partial charge >= 0.3 is 0 Å². The van der Waals surface area contributed by atoms with Crippen LogP contribution >= 0.6 is 0 Å². The van der Waals surface area contributed by atoms with Crippen LogP contribution in [0.3, 0.4) is 0 Å². The number of nitrogens with zero attached hydrogens (tertiary/aromatic N) is 1. The first-order valence-electron chi connectivity index (χ1n) is 7.84. The minimum atomic E-state index is -0.634. The lowest BCUT2D eigenvalue weighted by atomic mass is 9.88. The zero-order valence-electron chi connectivity index (χ0n) is 13.0. The molecule has 0 aromatic heterocycles. The summed E-state index contributed by atoms with van der Waals surface area (Å²) in [5, 5.41) is 9.72. The molecule has 0 radical (unpaired) electrons. The number of aliphatic hydroxyl groups is 1. The van der Waals surface area contributed by atoms with Crippen molar-refractivity contribution in [1.82, 2.24) is 4.90 Å². The van der Waals surface area contributed by atoms with Gasteiger partial charge in [0.25, 0.3) is 0 Å². The number of hydrogen-bond acceptors (Lipinski definition) is 4. The molecule has 0 amide bonds. The van der Waals surface area contributed by atoms with Gasteiger partial charge in [-0.05, 0) is 43.8 Å². The van der Waals surface area contributed by atoms with Crippen LogP contribution in [0.2, 0.25) is 0 Å². The normalized spacial score (nSPS) is 20.3. The molecule has 0 aliphatic carbocycles. The lowest BCUT2D eigenvalue weighted by Gasteiger charge is -2.35. The van der Waals surface area contributed by atoms with E-state index in [-0.39, 0.29) is 6.61 Å². The van der Waals surface area contributed by atoms with Crippen molar-refractivity contribution in [2.45, 2.75) is 24.8 Å². The molecule has 0 saturated carbocycles. The molecule has 1 aromatic carbocycles. The lowest BCUT2D eigenvalue weighted by Crippen LogP contribution is -2.45. The average molecular weight is 292 g/mol. The van der Waals surface area contributed by atoms with Crippen molar-refractivity contribution in [1.29, 1.82) is 0 Å². The topological polar surface area (TPSA) is 58.7 Å². The maximum atomic E-state index is 9.72. The van der Waals surface area contributed by atoms with E-state index >= 15 is 0 Å². The number of benzene rings is 1. The van der Waals surface area contributed by atoms with Crippen LogP contribution in [0.15, 0.2) is 30.3 Å². The summed E-state index contributed by atoms with van der Waals surface area (Å²) in [7, 11) is 1.77. The Bertz CT molecular complexity index is 405. The fourth-order valence-corrected chi connectivity index (χ4v) is 3.05. The summed E-state index contributed by atoms with van der Waals surface area (Å²) in [4.78, 5) is 2.45. The number of likely N-dealkylation sites (tertiary alicyclic amines) is 1. The van der Waals surface area contributed by atoms with Crippen molar-refractivity contribution in [3.8, 4) is 0 Å². The zero-order chi connectivity index (χ0) is 15.1. The summed E-state index contributed by atoms with van der Waals surface area (Å²) in [5.41, 5.74) is 6.80. The van der Waals surface area contributed by atoms with E-state index in [4.69, 9.17) is 10.5 Å². The van der Waals surface area contributed by atoms with Crippen molar-refractivity contribution in [2.75, 3.05) is 40.0 Å². The molecule has 118 valence electrons. The molecule has 1 atom stereocenters. The average Bonchev–Trinajstić information content (AvgIpc) is 2.55. The van der Waals surface area contributed by atoms with Crippen LogP contribution in [0.1, 0.15) is 24.8 Å². The number of methoxy groups -OCH3 is 1. The number of hydrogen-bond donors (Lipinski definition) is 2. The highest BCUT2D eigenvalue weighted by atomic mass is 16.5. The van der Waals surface area contributed by atoms with Gasteiger partial charge in [-0.1, -0.05) is 30.3 Å². The second kappa shape index (κ2) is 7.90. The first-order valence-corrected chi connectivity index (χ1v) is 7.84. The minimum absolute atomic E-state index is 0.0167. The van der Waals surface area contributed by atoms with E-state index in [0.29, 0.717) is 5.92 Å². The molecule has 0 bridgehead atoms. The van der Waals surface area contributed by atoms with Crippen LogP contribution in [0.5, 0.6) is 0 Å². The van der Waals surface area contributed by atoms with Gasteiger partial charge in [0.2, 0.25) is 0 Å². The Morgan fingerprint density at radius 3 is 2.52 bits per heavy atom. The largest absolute Gasteiger partial charge is 0.394 e. The van der Waals surface area contributed by atoms with E-state index in [9.17, 15) is 5.11 Å². The van der Waals surface area contributed by atoms with Gasteiger partial charge < -0.3 is 20.5 Å². The Hall–Kier alpha value is -0.940. The molecule has 0 spiro atoms. The van der Waals surface area contributed by atoms with Crippen LogP contribution in [0.25, 0.3) is 0 Å². The summed E-state index contributed by atoms with van der Waals surface area (Å²) in [6, 6.07) is 9.93. The van der Waals surface area contributed by atoms with E-state index in [1.165, 1.54) is 12.8 Å². The fraction of sp³-hybridized carbons (Fsp3) is 0.647. The standard InChI is InChI=1S/C17H28N2O2/c1-21-13-15-7-10-19(11-8-15)12-9-17(18,14-20)16-5-3-2-4-6-16/h2-6,15,20H,7-14,18H2,1H3. The highest BCUT2D eigenvalue weighted by Crippen LogP contribution is 2.24. The van der Waals surface area contributed by atoms with Crippen LogP contribution in [0, 0.1) is 5.92 Å². The smallest absolute Gasteiger partial charge is 0.0656 e. The van der Waals surface area contributed by atoms with E-state index < -0.39 is 5.54 Å². The third-order valence-corrected chi connectivity index (χ3v) is 4.61. The van der Waals surface area contributed by atoms with Crippen molar-refractivity contribution in [3.63, 3.8) is 0 Å². The first-order chi connectivity index (χ1) is 10.2. The van der Waals surface area contributed by atoms with Gasteiger partial charge in [0.1, 0.15) is 0 Å². The van der Waals surface area contributed by atoms with Crippen molar-refractivity contribution < 1.29 is 9.84 Å². The van der Waals surface area contributed by atoms with Crippen molar-refractivity contribution in [2.24, 2.45) is 11.7 Å². The summed E-state index contributed by atoms with van der Waals surface area (Å²) >= 11 is 0. The third-order valence-electron chi connectivity index (χ3n) is 4.61. The van der Waals surface area contributed by atoms with E-state index in [1.54, 1.807) is 7.11 Å². The SMILES string of the molecule is COCC1CCN(CCC(N)(CO)c2ccccc2)CC1. The van der Waals surface area contributed by atoms with E-state index in [2.05, 4.69) is 4.90 Å². The molecular formula is C17H28N2O2. The Balaban J connectivity index is 1.84. The molecule has 1 unspecified atom stereocenters. The molecule has 1 heterocycles. The Morgan fingerprint density at radius 1 is 1.29 bits per heavy atom. The summed E-state index contributed by atoms with van der Waals surface area (Å²) in [6.45, 7) is 3.99. The maximum absolute atomic E-state index is 9.72. The Morgan fingerprint density at radius 2 is 1.95 bits per heavy atom. The molecule has 2 rings (SSSR count). The summed E-state index contributed by atoms with van der Waals surface area (Å²) in [6.07, 6.45) is 3.16. The molecule has 4 nitrogen and oxygen atoms in total. The van der Waals surface area contributed by atoms with Gasteiger partial charge in [-0.15, -0.1) is 0 Å². The number of nitrogens with two attached hydrogens (primary N) is 1. The highest BCUT2D eigenvalue weighted by Gasteiger charge is 2.28. The lowest BCUT2D eigenvalue weighted by molar-refractivity contribution is 0.0913. The highest BCUT2D eigenvalue weighted by molar-refractivity contribution is 5.24. The van der Waals surface area contributed by atoms with E-state index in [1.807, 2.05) is 30.3 Å². The first kappa shape index (κ1) is 16.4. The Labute approximate surface area is 127 Å². The molecule has 1 aromatic rings. The fourth-order valence-electron chi connectivity index (χ4n) is 3.05. The maximum Gasteiger partial charge on any atom is 0.0656 e. The predicted octanol–water partition coefficient (Wildman–Crippen LogP) is 1.58. The minimum Gasteiger partial charge on any atom is -0.394 e. The van der Waals surface area contributed by atoms with Gasteiger partial charge in [0, 0.05) is 20.3 Å².